The van der Waals surface area contributed by atoms with Gasteiger partial charge in [-0.2, -0.15) is 11.3 Å². The van der Waals surface area contributed by atoms with E-state index in [4.69, 9.17) is 5.73 Å². The van der Waals surface area contributed by atoms with E-state index in [1.165, 1.54) is 11.1 Å². The van der Waals surface area contributed by atoms with Gasteiger partial charge in [-0.05, 0) is 35.7 Å². The topological polar surface area (TPSA) is 63.8 Å². The van der Waals surface area contributed by atoms with Crippen molar-refractivity contribution < 1.29 is 0 Å². The normalized spacial score (nSPS) is 11.0. The summed E-state index contributed by atoms with van der Waals surface area (Å²) in [7, 11) is 0. The molecule has 0 aliphatic carbocycles. The van der Waals surface area contributed by atoms with Crippen molar-refractivity contribution >= 4 is 23.0 Å². The molecular weight excluding hydrogens is 256 g/mol. The first-order chi connectivity index (χ1) is 8.99. The van der Waals surface area contributed by atoms with Gasteiger partial charge in [-0.3, -0.25) is 0 Å². The summed E-state index contributed by atoms with van der Waals surface area (Å²) in [5.41, 5.74) is 9.47. The first-order valence-electron chi connectivity index (χ1n) is 6.38. The maximum absolute atomic E-state index is 5.95. The van der Waals surface area contributed by atoms with Gasteiger partial charge in [0.05, 0.1) is 0 Å². The fourth-order valence-electron chi connectivity index (χ4n) is 1.73. The highest BCUT2D eigenvalue weighted by molar-refractivity contribution is 7.08. The largest absolute Gasteiger partial charge is 0.383 e. The van der Waals surface area contributed by atoms with Gasteiger partial charge in [0.15, 0.2) is 0 Å². The third-order valence-corrected chi connectivity index (χ3v) is 4.04. The molecule has 2 aromatic rings. The van der Waals surface area contributed by atoms with Gasteiger partial charge >= 0.3 is 0 Å². The molecule has 0 radical (unpaired) electrons. The Labute approximate surface area is 118 Å². The molecule has 0 aliphatic rings. The Balaban J connectivity index is 2.22. The van der Waals surface area contributed by atoms with E-state index in [0.717, 1.165) is 23.8 Å². The number of hydrogen-bond acceptors (Lipinski definition) is 5. The second kappa shape index (κ2) is 5.57. The van der Waals surface area contributed by atoms with E-state index < -0.39 is 0 Å². The van der Waals surface area contributed by atoms with Crippen molar-refractivity contribution in [2.24, 2.45) is 0 Å². The summed E-state index contributed by atoms with van der Waals surface area (Å²) in [6.45, 7) is 8.97. The van der Waals surface area contributed by atoms with E-state index in [2.05, 4.69) is 46.8 Å². The summed E-state index contributed by atoms with van der Waals surface area (Å²) in [5.74, 6) is 2.45. The van der Waals surface area contributed by atoms with E-state index in [1.807, 2.05) is 6.92 Å². The third kappa shape index (κ3) is 3.04. The number of aromatic nitrogens is 2. The molecular formula is C14H20N4S. The van der Waals surface area contributed by atoms with E-state index in [-0.39, 0.29) is 5.92 Å². The van der Waals surface area contributed by atoms with Gasteiger partial charge in [0.25, 0.3) is 0 Å². The molecule has 0 saturated heterocycles. The summed E-state index contributed by atoms with van der Waals surface area (Å²) in [5, 5.41) is 7.68. The number of rotatable bonds is 4. The summed E-state index contributed by atoms with van der Waals surface area (Å²) < 4.78 is 0. The van der Waals surface area contributed by atoms with Crippen LogP contribution in [0, 0.1) is 13.8 Å². The van der Waals surface area contributed by atoms with Gasteiger partial charge in [0.2, 0.25) is 0 Å². The molecule has 3 N–H and O–H groups in total. The summed E-state index contributed by atoms with van der Waals surface area (Å²) in [4.78, 5) is 8.89. The smallest absolute Gasteiger partial charge is 0.135 e. The molecule has 0 saturated carbocycles. The predicted octanol–water partition coefficient (Wildman–Crippen LogP) is 3.47. The van der Waals surface area contributed by atoms with E-state index in [9.17, 15) is 0 Å². The molecule has 0 aromatic carbocycles. The van der Waals surface area contributed by atoms with Crippen LogP contribution in [0.15, 0.2) is 10.8 Å². The van der Waals surface area contributed by atoms with Crippen molar-refractivity contribution in [2.45, 2.75) is 40.2 Å². The minimum Gasteiger partial charge on any atom is -0.383 e. The van der Waals surface area contributed by atoms with E-state index >= 15 is 0 Å². The fourth-order valence-corrected chi connectivity index (χ4v) is 2.59. The standard InChI is InChI=1S/C14H20N4S/c1-8(2)13-17-12(15)10(4)14(18-13)16-5-11-7-19-6-9(11)3/h6-8H,5H2,1-4H3,(H3,15,16,17,18). The van der Waals surface area contributed by atoms with Crippen molar-refractivity contribution in [1.82, 2.24) is 9.97 Å². The molecule has 0 amide bonds. The van der Waals surface area contributed by atoms with Gasteiger partial charge in [-0.15, -0.1) is 0 Å². The highest BCUT2D eigenvalue weighted by Crippen LogP contribution is 2.22. The van der Waals surface area contributed by atoms with Crippen LogP contribution in [-0.2, 0) is 6.54 Å². The minimum absolute atomic E-state index is 0.270. The molecule has 0 aliphatic heterocycles. The van der Waals surface area contributed by atoms with Crippen molar-refractivity contribution in [3.8, 4) is 0 Å². The lowest BCUT2D eigenvalue weighted by molar-refractivity contribution is 0.774. The summed E-state index contributed by atoms with van der Waals surface area (Å²) in [6, 6.07) is 0. The van der Waals surface area contributed by atoms with Crippen LogP contribution < -0.4 is 11.1 Å². The van der Waals surface area contributed by atoms with Crippen molar-refractivity contribution in [2.75, 3.05) is 11.1 Å². The lowest BCUT2D eigenvalue weighted by atomic mass is 10.2. The molecule has 4 nitrogen and oxygen atoms in total. The Hall–Kier alpha value is -1.62. The number of nitrogen functional groups attached to an aromatic ring is 1. The average Bonchev–Trinajstić information content (AvgIpc) is 2.76. The lowest BCUT2D eigenvalue weighted by Gasteiger charge is -2.13. The monoisotopic (exact) mass is 276 g/mol. The maximum atomic E-state index is 5.95. The molecule has 19 heavy (non-hydrogen) atoms. The highest BCUT2D eigenvalue weighted by Gasteiger charge is 2.11. The maximum Gasteiger partial charge on any atom is 0.135 e. The number of nitrogens with one attached hydrogen (secondary N) is 1. The second-order valence-corrected chi connectivity index (χ2v) is 5.77. The number of nitrogens with two attached hydrogens (primary N) is 1. The van der Waals surface area contributed by atoms with Crippen LogP contribution in [-0.4, -0.2) is 9.97 Å². The zero-order chi connectivity index (χ0) is 14.0. The molecule has 0 fully saturated rings. The number of nitrogens with zero attached hydrogens (tertiary/aromatic N) is 2. The number of anilines is 2. The zero-order valence-corrected chi connectivity index (χ0v) is 12.6. The molecule has 0 spiro atoms. The predicted molar refractivity (Wildman–Crippen MR) is 81.7 cm³/mol. The highest BCUT2D eigenvalue weighted by atomic mass is 32.1. The average molecular weight is 276 g/mol. The lowest BCUT2D eigenvalue weighted by Crippen LogP contribution is -2.10. The molecule has 0 unspecified atom stereocenters. The Bertz CT molecular complexity index is 575. The van der Waals surface area contributed by atoms with E-state index in [1.54, 1.807) is 11.3 Å². The second-order valence-electron chi connectivity index (χ2n) is 5.03. The van der Waals surface area contributed by atoms with Crippen molar-refractivity contribution in [3.63, 3.8) is 0 Å². The summed E-state index contributed by atoms with van der Waals surface area (Å²) >= 11 is 1.72. The van der Waals surface area contributed by atoms with E-state index in [0.29, 0.717) is 5.82 Å². The van der Waals surface area contributed by atoms with Gasteiger partial charge in [-0.1, -0.05) is 13.8 Å². The quantitative estimate of drug-likeness (QED) is 0.897. The first-order valence-corrected chi connectivity index (χ1v) is 7.33. The first kappa shape index (κ1) is 13.8. The third-order valence-electron chi connectivity index (χ3n) is 3.13. The van der Waals surface area contributed by atoms with Gasteiger partial charge in [0, 0.05) is 18.0 Å². The number of thiophene rings is 1. The van der Waals surface area contributed by atoms with Crippen LogP contribution in [0.1, 0.15) is 42.3 Å². The van der Waals surface area contributed by atoms with Crippen molar-refractivity contribution in [3.05, 3.63) is 33.3 Å². The van der Waals surface area contributed by atoms with Crippen LogP contribution in [0.2, 0.25) is 0 Å². The summed E-state index contributed by atoms with van der Waals surface area (Å²) in [6.07, 6.45) is 0. The molecule has 5 heteroatoms. The van der Waals surface area contributed by atoms with Crippen LogP contribution in [0.3, 0.4) is 0 Å². The van der Waals surface area contributed by atoms with Gasteiger partial charge in [0.1, 0.15) is 17.5 Å². The van der Waals surface area contributed by atoms with Crippen LogP contribution >= 0.6 is 11.3 Å². The molecule has 0 atom stereocenters. The SMILES string of the molecule is Cc1cscc1CNc1nc(C(C)C)nc(N)c1C. The Morgan fingerprint density at radius 3 is 2.58 bits per heavy atom. The zero-order valence-electron chi connectivity index (χ0n) is 11.8. The number of aryl methyl sites for hydroxylation is 1. The van der Waals surface area contributed by atoms with Gasteiger partial charge < -0.3 is 11.1 Å². The molecule has 2 rings (SSSR count). The molecule has 102 valence electrons. The number of hydrogen-bond donors (Lipinski definition) is 2. The van der Waals surface area contributed by atoms with Crippen LogP contribution in [0.5, 0.6) is 0 Å². The van der Waals surface area contributed by atoms with Crippen LogP contribution in [0.25, 0.3) is 0 Å². The fraction of sp³-hybridized carbons (Fsp3) is 0.429. The van der Waals surface area contributed by atoms with Crippen molar-refractivity contribution in [1.29, 1.82) is 0 Å². The Morgan fingerprint density at radius 2 is 2.00 bits per heavy atom. The Kier molecular flexibility index (Phi) is 4.04. The Morgan fingerprint density at radius 1 is 1.26 bits per heavy atom. The molecule has 2 aromatic heterocycles. The molecule has 2 heterocycles. The van der Waals surface area contributed by atoms with Gasteiger partial charge in [-0.25, -0.2) is 9.97 Å². The molecule has 0 bridgehead atoms. The van der Waals surface area contributed by atoms with Crippen LogP contribution in [0.4, 0.5) is 11.6 Å². The minimum atomic E-state index is 0.270.